The van der Waals surface area contributed by atoms with E-state index in [4.69, 9.17) is 4.98 Å². The van der Waals surface area contributed by atoms with Gasteiger partial charge in [0, 0.05) is 36.5 Å². The van der Waals surface area contributed by atoms with Gasteiger partial charge in [-0.2, -0.15) is 0 Å². The molecule has 1 aromatic heterocycles. The Labute approximate surface area is 135 Å². The minimum atomic E-state index is 0.0972. The van der Waals surface area contributed by atoms with Gasteiger partial charge in [0.1, 0.15) is 0 Å². The van der Waals surface area contributed by atoms with Crippen LogP contribution >= 0.6 is 11.3 Å². The third-order valence-electron chi connectivity index (χ3n) is 3.68. The molecule has 1 atom stereocenters. The van der Waals surface area contributed by atoms with E-state index in [0.717, 1.165) is 18.2 Å². The Hall–Kier alpha value is -0.610. The Morgan fingerprint density at radius 3 is 2.33 bits per heavy atom. The van der Waals surface area contributed by atoms with Crippen LogP contribution in [0.5, 0.6) is 0 Å². The van der Waals surface area contributed by atoms with Crippen molar-refractivity contribution in [2.45, 2.75) is 72.9 Å². The lowest BCUT2D eigenvalue weighted by atomic mass is 9.91. The highest BCUT2D eigenvalue weighted by Crippen LogP contribution is 2.33. The van der Waals surface area contributed by atoms with Crippen molar-refractivity contribution in [1.82, 2.24) is 10.3 Å². The number of anilines is 1. The first-order valence-corrected chi connectivity index (χ1v) is 8.91. The summed E-state index contributed by atoms with van der Waals surface area (Å²) in [5, 5.41) is 4.68. The molecule has 0 amide bonds. The van der Waals surface area contributed by atoms with Gasteiger partial charge in [-0.25, -0.2) is 4.98 Å². The van der Waals surface area contributed by atoms with Gasteiger partial charge >= 0.3 is 0 Å². The highest BCUT2D eigenvalue weighted by atomic mass is 32.1. The minimum Gasteiger partial charge on any atom is -0.351 e. The summed E-state index contributed by atoms with van der Waals surface area (Å²) in [6.45, 7) is 17.7. The van der Waals surface area contributed by atoms with Crippen LogP contribution in [-0.2, 0) is 12.0 Å². The fraction of sp³-hybridized carbons (Fsp3) is 0.824. The maximum Gasteiger partial charge on any atom is 0.185 e. The lowest BCUT2D eigenvalue weighted by Gasteiger charge is -2.20. The van der Waals surface area contributed by atoms with Crippen molar-refractivity contribution in [1.29, 1.82) is 0 Å². The first-order valence-electron chi connectivity index (χ1n) is 8.09. The maximum absolute atomic E-state index is 4.95. The predicted molar refractivity (Wildman–Crippen MR) is 95.5 cm³/mol. The fourth-order valence-electron chi connectivity index (χ4n) is 2.18. The Morgan fingerprint density at radius 1 is 1.24 bits per heavy atom. The molecular weight excluding hydrogens is 278 g/mol. The van der Waals surface area contributed by atoms with Gasteiger partial charge in [0.25, 0.3) is 0 Å². The summed E-state index contributed by atoms with van der Waals surface area (Å²) >= 11 is 1.84. The monoisotopic (exact) mass is 311 g/mol. The standard InChI is InChI=1S/C17H33N3S/c1-9-13(4)11-20(8)16-19-15(17(5,6)7)14(21-16)10-18-12(2)3/h12-13,18H,9-11H2,1-8H3. The van der Waals surface area contributed by atoms with E-state index >= 15 is 0 Å². The summed E-state index contributed by atoms with van der Waals surface area (Å²) in [5.41, 5.74) is 1.34. The van der Waals surface area contributed by atoms with Crippen molar-refractivity contribution in [3.63, 3.8) is 0 Å². The summed E-state index contributed by atoms with van der Waals surface area (Å²) < 4.78 is 0. The van der Waals surface area contributed by atoms with Crippen molar-refractivity contribution in [3.8, 4) is 0 Å². The van der Waals surface area contributed by atoms with Crippen LogP contribution < -0.4 is 10.2 Å². The van der Waals surface area contributed by atoms with E-state index in [2.05, 4.69) is 65.7 Å². The van der Waals surface area contributed by atoms with E-state index < -0.39 is 0 Å². The summed E-state index contributed by atoms with van der Waals surface area (Å²) in [5.74, 6) is 0.703. The Morgan fingerprint density at radius 2 is 1.86 bits per heavy atom. The molecule has 0 saturated heterocycles. The van der Waals surface area contributed by atoms with Crippen LogP contribution in [-0.4, -0.2) is 24.6 Å². The summed E-state index contributed by atoms with van der Waals surface area (Å²) in [6.07, 6.45) is 1.21. The molecule has 1 N–H and O–H groups in total. The molecule has 0 aliphatic heterocycles. The largest absolute Gasteiger partial charge is 0.351 e. The quantitative estimate of drug-likeness (QED) is 0.808. The Balaban J connectivity index is 2.96. The predicted octanol–water partition coefficient (Wildman–Crippen LogP) is 4.42. The van der Waals surface area contributed by atoms with E-state index in [1.807, 2.05) is 11.3 Å². The van der Waals surface area contributed by atoms with Gasteiger partial charge in [-0.3, -0.25) is 0 Å². The number of nitrogens with one attached hydrogen (secondary N) is 1. The zero-order valence-corrected chi connectivity index (χ0v) is 15.9. The van der Waals surface area contributed by atoms with Gasteiger partial charge in [0.2, 0.25) is 0 Å². The molecule has 0 saturated carbocycles. The fourth-order valence-corrected chi connectivity index (χ4v) is 3.37. The third-order valence-corrected chi connectivity index (χ3v) is 4.85. The molecule has 1 unspecified atom stereocenters. The number of hydrogen-bond acceptors (Lipinski definition) is 4. The first kappa shape index (κ1) is 18.4. The van der Waals surface area contributed by atoms with Crippen LogP contribution in [0.15, 0.2) is 0 Å². The molecule has 0 aromatic carbocycles. The molecule has 122 valence electrons. The molecule has 4 heteroatoms. The highest BCUT2D eigenvalue weighted by Gasteiger charge is 2.24. The molecule has 3 nitrogen and oxygen atoms in total. The van der Waals surface area contributed by atoms with Crippen molar-refractivity contribution in [2.24, 2.45) is 5.92 Å². The van der Waals surface area contributed by atoms with Gasteiger partial charge in [-0.1, -0.05) is 54.9 Å². The Kier molecular flexibility index (Phi) is 6.67. The number of rotatable bonds is 7. The van der Waals surface area contributed by atoms with Crippen LogP contribution in [0.3, 0.4) is 0 Å². The van der Waals surface area contributed by atoms with Gasteiger partial charge in [0.15, 0.2) is 5.13 Å². The van der Waals surface area contributed by atoms with Crippen LogP contribution in [0.25, 0.3) is 0 Å². The number of hydrogen-bond donors (Lipinski definition) is 1. The SMILES string of the molecule is CCC(C)CN(C)c1nc(C(C)(C)C)c(CNC(C)C)s1. The van der Waals surface area contributed by atoms with E-state index in [1.165, 1.54) is 17.0 Å². The maximum atomic E-state index is 4.95. The molecule has 0 aliphatic carbocycles. The van der Waals surface area contributed by atoms with Crippen molar-refractivity contribution in [3.05, 3.63) is 10.6 Å². The van der Waals surface area contributed by atoms with Gasteiger partial charge in [0.05, 0.1) is 5.69 Å². The second-order valence-corrected chi connectivity index (χ2v) is 8.51. The molecule has 21 heavy (non-hydrogen) atoms. The second-order valence-electron chi connectivity index (χ2n) is 7.45. The van der Waals surface area contributed by atoms with Crippen LogP contribution in [0, 0.1) is 5.92 Å². The normalized spacial score (nSPS) is 13.8. The molecule has 1 aromatic rings. The van der Waals surface area contributed by atoms with Gasteiger partial charge in [-0.15, -0.1) is 11.3 Å². The van der Waals surface area contributed by atoms with Gasteiger partial charge < -0.3 is 10.2 Å². The van der Waals surface area contributed by atoms with E-state index in [0.29, 0.717) is 12.0 Å². The lowest BCUT2D eigenvalue weighted by Crippen LogP contribution is -2.24. The van der Waals surface area contributed by atoms with Crippen molar-refractivity contribution < 1.29 is 0 Å². The molecule has 0 spiro atoms. The number of thiazole rings is 1. The molecule has 0 fully saturated rings. The molecule has 0 aliphatic rings. The van der Waals surface area contributed by atoms with Crippen molar-refractivity contribution in [2.75, 3.05) is 18.5 Å². The molecule has 1 heterocycles. The van der Waals surface area contributed by atoms with Crippen LogP contribution in [0.2, 0.25) is 0 Å². The summed E-state index contributed by atoms with van der Waals surface area (Å²) in [4.78, 5) is 8.64. The van der Waals surface area contributed by atoms with E-state index in [1.54, 1.807) is 0 Å². The Bertz CT molecular complexity index is 432. The van der Waals surface area contributed by atoms with E-state index in [-0.39, 0.29) is 5.41 Å². The molecular formula is C17H33N3S. The average molecular weight is 312 g/mol. The minimum absolute atomic E-state index is 0.0972. The molecule has 0 radical (unpaired) electrons. The second kappa shape index (κ2) is 7.59. The van der Waals surface area contributed by atoms with Crippen LogP contribution in [0.4, 0.5) is 5.13 Å². The molecule has 1 rings (SSSR count). The van der Waals surface area contributed by atoms with Crippen LogP contribution in [0.1, 0.15) is 65.5 Å². The summed E-state index contributed by atoms with van der Waals surface area (Å²) in [7, 11) is 2.16. The third kappa shape index (κ3) is 5.59. The number of aromatic nitrogens is 1. The number of nitrogens with zero attached hydrogens (tertiary/aromatic N) is 2. The average Bonchev–Trinajstić information content (AvgIpc) is 2.80. The lowest BCUT2D eigenvalue weighted by molar-refractivity contribution is 0.542. The zero-order valence-electron chi connectivity index (χ0n) is 15.1. The first-order chi connectivity index (χ1) is 9.65. The molecule has 0 bridgehead atoms. The topological polar surface area (TPSA) is 28.2 Å². The highest BCUT2D eigenvalue weighted by molar-refractivity contribution is 7.15. The smallest absolute Gasteiger partial charge is 0.185 e. The van der Waals surface area contributed by atoms with Crippen molar-refractivity contribution >= 4 is 16.5 Å². The zero-order chi connectivity index (χ0) is 16.2. The summed E-state index contributed by atoms with van der Waals surface area (Å²) in [6, 6.07) is 0.501. The van der Waals surface area contributed by atoms with E-state index in [9.17, 15) is 0 Å². The van der Waals surface area contributed by atoms with Gasteiger partial charge in [-0.05, 0) is 5.92 Å².